The molecule has 20 heavy (non-hydrogen) atoms. The Labute approximate surface area is 120 Å². The topological polar surface area (TPSA) is 84.5 Å². The first-order chi connectivity index (χ1) is 9.36. The molecule has 1 fully saturated rings. The van der Waals surface area contributed by atoms with E-state index in [0.29, 0.717) is 32.1 Å². The van der Waals surface area contributed by atoms with E-state index in [1.165, 1.54) is 6.20 Å². The van der Waals surface area contributed by atoms with Crippen LogP contribution in [0.3, 0.4) is 0 Å². The van der Waals surface area contributed by atoms with Gasteiger partial charge in [0.05, 0.1) is 12.7 Å². The van der Waals surface area contributed by atoms with Gasteiger partial charge in [0.25, 0.3) is 0 Å². The summed E-state index contributed by atoms with van der Waals surface area (Å²) in [7, 11) is 0.512. The lowest BCUT2D eigenvalue weighted by atomic mass is 10.1. The van der Waals surface area contributed by atoms with Gasteiger partial charge in [-0.05, 0) is 20.0 Å². The van der Waals surface area contributed by atoms with E-state index in [4.69, 9.17) is 5.73 Å². The first-order valence-electron chi connectivity index (χ1n) is 6.75. The van der Waals surface area contributed by atoms with Crippen molar-refractivity contribution in [2.45, 2.75) is 24.4 Å². The summed E-state index contributed by atoms with van der Waals surface area (Å²) in [5.41, 5.74) is 5.44. The number of nitrogens with two attached hydrogens (primary N) is 1. The third-order valence-electron chi connectivity index (χ3n) is 3.81. The molecule has 8 heteroatoms. The monoisotopic (exact) mass is 301 g/mol. The zero-order chi connectivity index (χ0) is 14.9. The molecule has 2 N–H and O–H groups in total. The largest absolute Gasteiger partial charge is 0.329 e. The minimum absolute atomic E-state index is 0.248. The third-order valence-corrected chi connectivity index (χ3v) is 5.59. The predicted octanol–water partition coefficient (Wildman–Crippen LogP) is -0.588. The van der Waals surface area contributed by atoms with Gasteiger partial charge >= 0.3 is 0 Å². The van der Waals surface area contributed by atoms with Crippen molar-refractivity contribution in [1.29, 1.82) is 0 Å². The fourth-order valence-corrected chi connectivity index (χ4v) is 4.17. The Morgan fingerprint density at radius 1 is 1.45 bits per heavy atom. The van der Waals surface area contributed by atoms with Gasteiger partial charge in [-0.1, -0.05) is 6.92 Å². The molecule has 0 aromatic carbocycles. The SMILES string of the molecule is CC1CN(S(=O)(=O)c2cnn(CCN)c2)CC1N(C)C. The van der Waals surface area contributed by atoms with Crippen LogP contribution in [0.2, 0.25) is 0 Å². The quantitative estimate of drug-likeness (QED) is 0.786. The van der Waals surface area contributed by atoms with E-state index >= 15 is 0 Å². The summed E-state index contributed by atoms with van der Waals surface area (Å²) < 4.78 is 28.3. The Morgan fingerprint density at radius 2 is 2.15 bits per heavy atom. The highest BCUT2D eigenvalue weighted by Crippen LogP contribution is 2.26. The normalized spacial score (nSPS) is 24.6. The summed E-state index contributed by atoms with van der Waals surface area (Å²) in [6, 6.07) is 0.254. The molecular formula is C12H23N5O2S. The number of nitrogens with zero attached hydrogens (tertiary/aromatic N) is 4. The first kappa shape index (κ1) is 15.4. The van der Waals surface area contributed by atoms with E-state index in [1.807, 2.05) is 14.1 Å². The van der Waals surface area contributed by atoms with Crippen LogP contribution in [-0.2, 0) is 16.6 Å². The Hall–Kier alpha value is -0.960. The average Bonchev–Trinajstić information content (AvgIpc) is 2.96. The Morgan fingerprint density at radius 3 is 2.70 bits per heavy atom. The van der Waals surface area contributed by atoms with E-state index < -0.39 is 10.0 Å². The first-order valence-corrected chi connectivity index (χ1v) is 8.19. The van der Waals surface area contributed by atoms with Crippen LogP contribution >= 0.6 is 0 Å². The Bertz CT molecular complexity index is 554. The van der Waals surface area contributed by atoms with Gasteiger partial charge in [-0.2, -0.15) is 9.40 Å². The molecule has 1 aliphatic rings. The Kier molecular flexibility index (Phi) is 4.48. The minimum atomic E-state index is -3.45. The van der Waals surface area contributed by atoms with Gasteiger partial charge < -0.3 is 10.6 Å². The molecule has 1 aliphatic heterocycles. The molecule has 0 radical (unpaired) electrons. The summed E-state index contributed by atoms with van der Waals surface area (Å²) >= 11 is 0. The van der Waals surface area contributed by atoms with E-state index in [9.17, 15) is 8.42 Å². The van der Waals surface area contributed by atoms with Crippen molar-refractivity contribution in [1.82, 2.24) is 19.0 Å². The number of rotatable bonds is 5. The highest BCUT2D eigenvalue weighted by molar-refractivity contribution is 7.89. The molecule has 2 heterocycles. The molecule has 0 amide bonds. The molecule has 114 valence electrons. The van der Waals surface area contributed by atoms with Gasteiger partial charge in [-0.15, -0.1) is 0 Å². The van der Waals surface area contributed by atoms with E-state index in [1.54, 1.807) is 15.2 Å². The van der Waals surface area contributed by atoms with Gasteiger partial charge in [0.1, 0.15) is 4.90 Å². The van der Waals surface area contributed by atoms with Gasteiger partial charge in [0.15, 0.2) is 0 Å². The lowest BCUT2D eigenvalue weighted by molar-refractivity contribution is 0.263. The lowest BCUT2D eigenvalue weighted by Gasteiger charge is -2.22. The maximum absolute atomic E-state index is 12.6. The fourth-order valence-electron chi connectivity index (χ4n) is 2.66. The van der Waals surface area contributed by atoms with Gasteiger partial charge in [-0.3, -0.25) is 4.68 Å². The minimum Gasteiger partial charge on any atom is -0.329 e. The van der Waals surface area contributed by atoms with Crippen molar-refractivity contribution < 1.29 is 8.42 Å². The number of aromatic nitrogens is 2. The second-order valence-electron chi connectivity index (χ2n) is 5.56. The van der Waals surface area contributed by atoms with Crippen LogP contribution in [-0.4, -0.2) is 67.2 Å². The zero-order valence-electron chi connectivity index (χ0n) is 12.2. The molecule has 1 saturated heterocycles. The van der Waals surface area contributed by atoms with Crippen LogP contribution in [0.25, 0.3) is 0 Å². The van der Waals surface area contributed by atoms with Crippen molar-refractivity contribution in [3.63, 3.8) is 0 Å². The summed E-state index contributed by atoms with van der Waals surface area (Å²) in [5, 5.41) is 4.04. The summed E-state index contributed by atoms with van der Waals surface area (Å²) in [5.74, 6) is 0.318. The third kappa shape index (κ3) is 2.88. The second-order valence-corrected chi connectivity index (χ2v) is 7.50. The molecular weight excluding hydrogens is 278 g/mol. The fraction of sp³-hybridized carbons (Fsp3) is 0.750. The average molecular weight is 301 g/mol. The second kappa shape index (κ2) is 5.80. The highest BCUT2D eigenvalue weighted by atomic mass is 32.2. The van der Waals surface area contributed by atoms with Crippen molar-refractivity contribution in [3.8, 4) is 0 Å². The van der Waals surface area contributed by atoms with Crippen LogP contribution in [0.15, 0.2) is 17.3 Å². The number of sulfonamides is 1. The lowest BCUT2D eigenvalue weighted by Crippen LogP contribution is -2.35. The molecule has 0 spiro atoms. The molecule has 2 rings (SSSR count). The molecule has 1 aromatic heterocycles. The molecule has 0 aliphatic carbocycles. The van der Waals surface area contributed by atoms with Gasteiger partial charge in [0.2, 0.25) is 10.0 Å². The summed E-state index contributed by atoms with van der Waals surface area (Å²) in [6.07, 6.45) is 2.95. The van der Waals surface area contributed by atoms with Crippen LogP contribution < -0.4 is 5.73 Å². The van der Waals surface area contributed by atoms with Crippen molar-refractivity contribution in [2.24, 2.45) is 11.7 Å². The molecule has 2 unspecified atom stereocenters. The van der Waals surface area contributed by atoms with Gasteiger partial charge in [-0.25, -0.2) is 8.42 Å². The van der Waals surface area contributed by atoms with E-state index in [0.717, 1.165) is 0 Å². The van der Waals surface area contributed by atoms with Crippen molar-refractivity contribution >= 4 is 10.0 Å². The van der Waals surface area contributed by atoms with Crippen LogP contribution in [0.5, 0.6) is 0 Å². The summed E-state index contributed by atoms with van der Waals surface area (Å²) in [4.78, 5) is 2.33. The maximum Gasteiger partial charge on any atom is 0.246 e. The van der Waals surface area contributed by atoms with Crippen LogP contribution in [0.4, 0.5) is 0 Å². The smallest absolute Gasteiger partial charge is 0.246 e. The maximum atomic E-state index is 12.6. The predicted molar refractivity (Wildman–Crippen MR) is 76.7 cm³/mol. The van der Waals surface area contributed by atoms with Crippen molar-refractivity contribution in [3.05, 3.63) is 12.4 Å². The van der Waals surface area contributed by atoms with E-state index in [2.05, 4.69) is 16.9 Å². The molecule has 1 aromatic rings. The zero-order valence-corrected chi connectivity index (χ0v) is 13.0. The molecule has 7 nitrogen and oxygen atoms in total. The van der Waals surface area contributed by atoms with E-state index in [-0.39, 0.29) is 10.9 Å². The molecule has 2 atom stereocenters. The number of hydrogen-bond donors (Lipinski definition) is 1. The summed E-state index contributed by atoms with van der Waals surface area (Å²) in [6.45, 7) is 4.11. The van der Waals surface area contributed by atoms with Crippen molar-refractivity contribution in [2.75, 3.05) is 33.7 Å². The highest BCUT2D eigenvalue weighted by Gasteiger charge is 2.38. The van der Waals surface area contributed by atoms with Gasteiger partial charge in [0, 0.05) is 31.9 Å². The Balaban J connectivity index is 2.18. The molecule has 0 bridgehead atoms. The van der Waals surface area contributed by atoms with Crippen LogP contribution in [0.1, 0.15) is 6.92 Å². The standard InChI is InChI=1S/C12H23N5O2S/c1-10-7-17(9-12(10)15(2)3)20(18,19)11-6-14-16(8-11)5-4-13/h6,8,10,12H,4-5,7,9,13H2,1-3H3. The number of likely N-dealkylation sites (N-methyl/N-ethyl adjacent to an activating group) is 1. The number of hydrogen-bond acceptors (Lipinski definition) is 5. The van der Waals surface area contributed by atoms with Crippen LogP contribution in [0, 0.1) is 5.92 Å². The molecule has 0 saturated carbocycles.